The summed E-state index contributed by atoms with van der Waals surface area (Å²) < 4.78 is 0. The normalized spacial score (nSPS) is 10.9. The van der Waals surface area contributed by atoms with Crippen molar-refractivity contribution >= 4 is 5.91 Å². The molecule has 0 aliphatic heterocycles. The molecule has 0 bridgehead atoms. The molecule has 0 saturated heterocycles. The first-order valence-corrected chi connectivity index (χ1v) is 4.04. The van der Waals surface area contributed by atoms with Gasteiger partial charge in [-0.3, -0.25) is 4.79 Å². The monoisotopic (exact) mass is 155 g/mol. The molecule has 0 aliphatic carbocycles. The van der Waals surface area contributed by atoms with Gasteiger partial charge in [0.1, 0.15) is 0 Å². The summed E-state index contributed by atoms with van der Waals surface area (Å²) in [5, 5.41) is 2.83. The molecule has 0 radical (unpaired) electrons. The second-order valence-electron chi connectivity index (χ2n) is 2.97. The Labute approximate surface area is 68.7 Å². The fourth-order valence-corrected chi connectivity index (χ4v) is 0.615. The van der Waals surface area contributed by atoms with Gasteiger partial charge in [-0.15, -0.1) is 0 Å². The SMILES string of the molecule is C/C=C/CC(=O)NCC(C)C. The molecule has 1 N–H and O–H groups in total. The van der Waals surface area contributed by atoms with E-state index in [0.29, 0.717) is 12.3 Å². The van der Waals surface area contributed by atoms with Gasteiger partial charge < -0.3 is 5.32 Å². The molecule has 0 fully saturated rings. The van der Waals surface area contributed by atoms with Crippen molar-refractivity contribution < 1.29 is 4.79 Å². The van der Waals surface area contributed by atoms with E-state index >= 15 is 0 Å². The summed E-state index contributed by atoms with van der Waals surface area (Å²) in [6.07, 6.45) is 4.24. The van der Waals surface area contributed by atoms with Crippen molar-refractivity contribution in [2.45, 2.75) is 27.2 Å². The van der Waals surface area contributed by atoms with Crippen molar-refractivity contribution in [2.24, 2.45) is 5.92 Å². The molecule has 2 nitrogen and oxygen atoms in total. The van der Waals surface area contributed by atoms with Crippen molar-refractivity contribution in [3.63, 3.8) is 0 Å². The molecule has 64 valence electrons. The Kier molecular flexibility index (Phi) is 5.53. The van der Waals surface area contributed by atoms with Gasteiger partial charge in [0, 0.05) is 13.0 Å². The number of hydrogen-bond acceptors (Lipinski definition) is 1. The summed E-state index contributed by atoms with van der Waals surface area (Å²) in [6, 6.07) is 0. The molecule has 0 aliphatic rings. The van der Waals surface area contributed by atoms with Gasteiger partial charge >= 0.3 is 0 Å². The summed E-state index contributed by atoms with van der Waals surface area (Å²) in [5.74, 6) is 0.640. The van der Waals surface area contributed by atoms with Crippen molar-refractivity contribution in [1.82, 2.24) is 5.32 Å². The number of nitrogens with one attached hydrogen (secondary N) is 1. The maximum Gasteiger partial charge on any atom is 0.223 e. The highest BCUT2D eigenvalue weighted by atomic mass is 16.1. The minimum Gasteiger partial charge on any atom is -0.356 e. The Balaban J connectivity index is 3.37. The first-order valence-electron chi connectivity index (χ1n) is 4.04. The van der Waals surface area contributed by atoms with Crippen LogP contribution in [0.15, 0.2) is 12.2 Å². The van der Waals surface area contributed by atoms with Crippen LogP contribution >= 0.6 is 0 Å². The van der Waals surface area contributed by atoms with E-state index in [-0.39, 0.29) is 5.91 Å². The molecular formula is C9H17NO. The fraction of sp³-hybridized carbons (Fsp3) is 0.667. The summed E-state index contributed by atoms with van der Waals surface area (Å²) in [5.41, 5.74) is 0. The number of amides is 1. The second kappa shape index (κ2) is 5.96. The summed E-state index contributed by atoms with van der Waals surface area (Å²) >= 11 is 0. The zero-order valence-electron chi connectivity index (χ0n) is 7.55. The molecule has 11 heavy (non-hydrogen) atoms. The molecule has 0 heterocycles. The number of allylic oxidation sites excluding steroid dienone is 1. The Morgan fingerprint density at radius 1 is 1.55 bits per heavy atom. The van der Waals surface area contributed by atoms with Crippen LogP contribution in [0.3, 0.4) is 0 Å². The number of carbonyl (C=O) groups is 1. The Morgan fingerprint density at radius 3 is 2.64 bits per heavy atom. The molecule has 1 amide bonds. The van der Waals surface area contributed by atoms with Gasteiger partial charge in [-0.1, -0.05) is 26.0 Å². The van der Waals surface area contributed by atoms with Crippen LogP contribution in [-0.4, -0.2) is 12.5 Å². The fourth-order valence-electron chi connectivity index (χ4n) is 0.615. The average molecular weight is 155 g/mol. The van der Waals surface area contributed by atoms with E-state index in [1.165, 1.54) is 0 Å². The first kappa shape index (κ1) is 10.2. The van der Waals surface area contributed by atoms with E-state index in [2.05, 4.69) is 19.2 Å². The third-order valence-electron chi connectivity index (χ3n) is 1.25. The minimum absolute atomic E-state index is 0.108. The van der Waals surface area contributed by atoms with E-state index in [9.17, 15) is 4.79 Å². The van der Waals surface area contributed by atoms with Crippen LogP contribution < -0.4 is 5.32 Å². The zero-order valence-corrected chi connectivity index (χ0v) is 7.55. The van der Waals surface area contributed by atoms with Crippen LogP contribution in [0.1, 0.15) is 27.2 Å². The highest BCUT2D eigenvalue weighted by Crippen LogP contribution is 1.88. The summed E-state index contributed by atoms with van der Waals surface area (Å²) in [7, 11) is 0. The molecule has 0 atom stereocenters. The van der Waals surface area contributed by atoms with Crippen molar-refractivity contribution in [2.75, 3.05) is 6.54 Å². The zero-order chi connectivity index (χ0) is 8.69. The van der Waals surface area contributed by atoms with Gasteiger partial charge in [-0.05, 0) is 12.8 Å². The highest BCUT2D eigenvalue weighted by molar-refractivity contribution is 5.77. The smallest absolute Gasteiger partial charge is 0.223 e. The third-order valence-corrected chi connectivity index (χ3v) is 1.25. The van der Waals surface area contributed by atoms with E-state index in [1.54, 1.807) is 0 Å². The Bertz CT molecular complexity index is 138. The quantitative estimate of drug-likeness (QED) is 0.615. The first-order chi connectivity index (χ1) is 5.16. The predicted octanol–water partition coefficient (Wildman–Crippen LogP) is 1.72. The van der Waals surface area contributed by atoms with Gasteiger partial charge in [0.2, 0.25) is 5.91 Å². The molecule has 0 aromatic rings. The molecule has 0 aromatic heterocycles. The average Bonchev–Trinajstić information content (AvgIpc) is 1.97. The van der Waals surface area contributed by atoms with Crippen LogP contribution in [0.4, 0.5) is 0 Å². The van der Waals surface area contributed by atoms with Crippen LogP contribution in [0.2, 0.25) is 0 Å². The van der Waals surface area contributed by atoms with Gasteiger partial charge in [0.25, 0.3) is 0 Å². The van der Waals surface area contributed by atoms with E-state index in [4.69, 9.17) is 0 Å². The molecule has 0 rings (SSSR count). The molecule has 0 unspecified atom stereocenters. The van der Waals surface area contributed by atoms with Gasteiger partial charge in [0.15, 0.2) is 0 Å². The number of carbonyl (C=O) groups excluding carboxylic acids is 1. The topological polar surface area (TPSA) is 29.1 Å². The second-order valence-corrected chi connectivity index (χ2v) is 2.97. The summed E-state index contributed by atoms with van der Waals surface area (Å²) in [4.78, 5) is 10.9. The lowest BCUT2D eigenvalue weighted by Gasteiger charge is -2.05. The van der Waals surface area contributed by atoms with Crippen LogP contribution in [-0.2, 0) is 4.79 Å². The van der Waals surface area contributed by atoms with E-state index in [0.717, 1.165) is 6.54 Å². The molecular weight excluding hydrogens is 138 g/mol. The maximum atomic E-state index is 10.9. The van der Waals surface area contributed by atoms with E-state index in [1.807, 2.05) is 19.1 Å². The molecule has 0 spiro atoms. The maximum absolute atomic E-state index is 10.9. The molecule has 0 saturated carbocycles. The van der Waals surface area contributed by atoms with Gasteiger partial charge in [0.05, 0.1) is 0 Å². The van der Waals surface area contributed by atoms with Crippen molar-refractivity contribution in [3.05, 3.63) is 12.2 Å². The van der Waals surface area contributed by atoms with Crippen molar-refractivity contribution in [1.29, 1.82) is 0 Å². The summed E-state index contributed by atoms with van der Waals surface area (Å²) in [6.45, 7) is 6.85. The lowest BCUT2D eigenvalue weighted by molar-refractivity contribution is -0.120. The van der Waals surface area contributed by atoms with Crippen LogP contribution in [0, 0.1) is 5.92 Å². The van der Waals surface area contributed by atoms with Crippen LogP contribution in [0.25, 0.3) is 0 Å². The minimum atomic E-state index is 0.108. The number of hydrogen-bond donors (Lipinski definition) is 1. The highest BCUT2D eigenvalue weighted by Gasteiger charge is 1.97. The van der Waals surface area contributed by atoms with Crippen LogP contribution in [0.5, 0.6) is 0 Å². The third kappa shape index (κ3) is 7.10. The standard InChI is InChI=1S/C9H17NO/c1-4-5-6-9(11)10-7-8(2)3/h4-5,8H,6-7H2,1-3H3,(H,10,11)/b5-4+. The lowest BCUT2D eigenvalue weighted by Crippen LogP contribution is -2.26. The largest absolute Gasteiger partial charge is 0.356 e. The number of rotatable bonds is 4. The van der Waals surface area contributed by atoms with Crippen molar-refractivity contribution in [3.8, 4) is 0 Å². The van der Waals surface area contributed by atoms with Gasteiger partial charge in [-0.2, -0.15) is 0 Å². The lowest BCUT2D eigenvalue weighted by atomic mass is 10.2. The Morgan fingerprint density at radius 2 is 2.18 bits per heavy atom. The molecule has 0 aromatic carbocycles. The Hall–Kier alpha value is -0.790. The van der Waals surface area contributed by atoms with Gasteiger partial charge in [-0.25, -0.2) is 0 Å². The van der Waals surface area contributed by atoms with E-state index < -0.39 is 0 Å². The molecule has 2 heteroatoms. The predicted molar refractivity (Wildman–Crippen MR) is 47.3 cm³/mol.